The first kappa shape index (κ1) is 13.4. The van der Waals surface area contributed by atoms with E-state index in [1.165, 1.54) is 38.8 Å². The predicted molar refractivity (Wildman–Crippen MR) is 75.0 cm³/mol. The molecule has 2 aliphatic rings. The van der Waals surface area contributed by atoms with E-state index >= 15 is 0 Å². The molecule has 0 amide bonds. The molecule has 2 saturated carbocycles. The highest BCUT2D eigenvalue weighted by Gasteiger charge is 2.54. The van der Waals surface area contributed by atoms with Crippen molar-refractivity contribution in [2.45, 2.75) is 59.8 Å². The molecule has 0 aromatic carbocycles. The van der Waals surface area contributed by atoms with Gasteiger partial charge in [0, 0.05) is 6.54 Å². The number of hydrogen-bond acceptors (Lipinski definition) is 1. The topological polar surface area (TPSA) is 12.0 Å². The Morgan fingerprint density at radius 3 is 2.35 bits per heavy atom. The molecule has 0 spiro atoms. The van der Waals surface area contributed by atoms with E-state index in [0.29, 0.717) is 5.41 Å². The summed E-state index contributed by atoms with van der Waals surface area (Å²) < 4.78 is 0. The van der Waals surface area contributed by atoms with Crippen molar-refractivity contribution in [2.24, 2.45) is 29.1 Å². The van der Waals surface area contributed by atoms with Crippen molar-refractivity contribution in [3.8, 4) is 0 Å². The summed E-state index contributed by atoms with van der Waals surface area (Å²) in [6, 6.07) is 0. The molecular formula is C16H31N. The van der Waals surface area contributed by atoms with Gasteiger partial charge < -0.3 is 5.32 Å². The Bertz CT molecular complexity index is 236. The molecule has 1 nitrogen and oxygen atoms in total. The highest BCUT2D eigenvalue weighted by molar-refractivity contribution is 5.05. The highest BCUT2D eigenvalue weighted by Crippen LogP contribution is 2.62. The van der Waals surface area contributed by atoms with Gasteiger partial charge in [0.2, 0.25) is 0 Å². The first-order valence-corrected chi connectivity index (χ1v) is 7.78. The lowest BCUT2D eigenvalue weighted by Crippen LogP contribution is -2.39. The highest BCUT2D eigenvalue weighted by atomic mass is 14.9. The van der Waals surface area contributed by atoms with Crippen molar-refractivity contribution in [1.29, 1.82) is 0 Å². The summed E-state index contributed by atoms with van der Waals surface area (Å²) in [6.45, 7) is 11.9. The molecule has 2 rings (SSSR count). The minimum absolute atomic E-state index is 0.651. The largest absolute Gasteiger partial charge is 0.316 e. The fourth-order valence-electron chi connectivity index (χ4n) is 4.01. The van der Waals surface area contributed by atoms with Gasteiger partial charge in [0.05, 0.1) is 0 Å². The molecular weight excluding hydrogens is 206 g/mol. The van der Waals surface area contributed by atoms with Crippen molar-refractivity contribution in [3.63, 3.8) is 0 Å². The van der Waals surface area contributed by atoms with Crippen LogP contribution >= 0.6 is 0 Å². The maximum atomic E-state index is 3.75. The first-order chi connectivity index (χ1) is 8.07. The molecule has 0 aromatic rings. The smallest absolute Gasteiger partial charge is 0.00107 e. The molecule has 0 heterocycles. The van der Waals surface area contributed by atoms with Crippen molar-refractivity contribution in [1.82, 2.24) is 5.32 Å². The van der Waals surface area contributed by atoms with Crippen LogP contribution in [0.15, 0.2) is 0 Å². The van der Waals surface area contributed by atoms with Crippen LogP contribution in [0.3, 0.4) is 0 Å². The van der Waals surface area contributed by atoms with Gasteiger partial charge in [-0.25, -0.2) is 0 Å². The molecule has 17 heavy (non-hydrogen) atoms. The Morgan fingerprint density at radius 2 is 1.82 bits per heavy atom. The zero-order chi connectivity index (χ0) is 12.5. The van der Waals surface area contributed by atoms with Gasteiger partial charge in [-0.3, -0.25) is 0 Å². The molecule has 0 aromatic heterocycles. The van der Waals surface area contributed by atoms with Crippen LogP contribution in [0.5, 0.6) is 0 Å². The summed E-state index contributed by atoms with van der Waals surface area (Å²) in [5.74, 6) is 3.91. The van der Waals surface area contributed by atoms with Crippen LogP contribution in [0.4, 0.5) is 0 Å². The Balaban J connectivity index is 1.88. The van der Waals surface area contributed by atoms with Gasteiger partial charge in [-0.15, -0.1) is 0 Å². The lowest BCUT2D eigenvalue weighted by molar-refractivity contribution is 0.143. The third-order valence-electron chi connectivity index (χ3n) is 5.20. The third kappa shape index (κ3) is 3.05. The third-order valence-corrected chi connectivity index (χ3v) is 5.20. The number of nitrogens with one attached hydrogen (secondary N) is 1. The molecule has 2 fully saturated rings. The van der Waals surface area contributed by atoms with Crippen molar-refractivity contribution in [2.75, 3.05) is 13.1 Å². The van der Waals surface area contributed by atoms with E-state index in [4.69, 9.17) is 0 Å². The fraction of sp³-hybridized carbons (Fsp3) is 1.00. The van der Waals surface area contributed by atoms with Crippen LogP contribution < -0.4 is 5.32 Å². The second-order valence-corrected chi connectivity index (χ2v) is 7.24. The molecule has 3 unspecified atom stereocenters. The molecule has 1 N–H and O–H groups in total. The maximum absolute atomic E-state index is 3.75. The van der Waals surface area contributed by atoms with Crippen molar-refractivity contribution in [3.05, 3.63) is 0 Å². The van der Waals surface area contributed by atoms with Gasteiger partial charge in [-0.1, -0.05) is 40.5 Å². The van der Waals surface area contributed by atoms with Gasteiger partial charge in [0.25, 0.3) is 0 Å². The van der Waals surface area contributed by atoms with E-state index < -0.39 is 0 Å². The van der Waals surface area contributed by atoms with E-state index in [2.05, 4.69) is 33.0 Å². The lowest BCUT2D eigenvalue weighted by Gasteiger charge is -2.38. The van der Waals surface area contributed by atoms with E-state index in [1.807, 2.05) is 0 Å². The van der Waals surface area contributed by atoms with E-state index in [9.17, 15) is 0 Å². The molecule has 0 aliphatic heterocycles. The summed E-state index contributed by atoms with van der Waals surface area (Å²) in [5.41, 5.74) is 0.651. The quantitative estimate of drug-likeness (QED) is 0.703. The van der Waals surface area contributed by atoms with Crippen molar-refractivity contribution < 1.29 is 0 Å². The van der Waals surface area contributed by atoms with Crippen LogP contribution in [0.1, 0.15) is 59.8 Å². The average molecular weight is 237 g/mol. The molecule has 0 saturated heterocycles. The number of hydrogen-bond donors (Lipinski definition) is 1. The predicted octanol–water partition coefficient (Wildman–Crippen LogP) is 4.08. The van der Waals surface area contributed by atoms with Gasteiger partial charge >= 0.3 is 0 Å². The normalized spacial score (nSPS) is 37.2. The Kier molecular flexibility index (Phi) is 4.18. The summed E-state index contributed by atoms with van der Waals surface area (Å²) in [6.07, 6.45) is 7.35. The summed E-state index contributed by atoms with van der Waals surface area (Å²) in [5, 5.41) is 3.75. The zero-order valence-electron chi connectivity index (χ0n) is 12.3. The van der Waals surface area contributed by atoms with Gasteiger partial charge in [-0.05, 0) is 54.9 Å². The SMILES string of the molecule is CCCC(C)C1(CNCC(C)C)CC2CC2C1. The lowest BCUT2D eigenvalue weighted by atomic mass is 9.70. The molecule has 2 aliphatic carbocycles. The van der Waals surface area contributed by atoms with E-state index in [1.54, 1.807) is 6.42 Å². The Labute approximate surface area is 108 Å². The average Bonchev–Trinajstić information content (AvgIpc) is 2.87. The minimum Gasteiger partial charge on any atom is -0.316 e. The molecule has 0 radical (unpaired) electrons. The minimum atomic E-state index is 0.651. The second kappa shape index (κ2) is 5.30. The standard InChI is InChI=1S/C16H31N/c1-5-6-13(4)16(11-17-10-12(2)3)8-14-7-15(14)9-16/h12-15,17H,5-11H2,1-4H3. The van der Waals surface area contributed by atoms with Gasteiger partial charge in [-0.2, -0.15) is 0 Å². The molecule has 3 atom stereocenters. The van der Waals surface area contributed by atoms with Crippen LogP contribution in [0.2, 0.25) is 0 Å². The summed E-state index contributed by atoms with van der Waals surface area (Å²) >= 11 is 0. The molecule has 100 valence electrons. The maximum Gasteiger partial charge on any atom is 0.00107 e. The monoisotopic (exact) mass is 237 g/mol. The molecule has 0 bridgehead atoms. The van der Waals surface area contributed by atoms with Crippen LogP contribution in [0, 0.1) is 29.1 Å². The number of fused-ring (bicyclic) bond motifs is 1. The Hall–Kier alpha value is -0.0400. The fourth-order valence-corrected chi connectivity index (χ4v) is 4.01. The van der Waals surface area contributed by atoms with Crippen molar-refractivity contribution >= 4 is 0 Å². The Morgan fingerprint density at radius 1 is 1.18 bits per heavy atom. The van der Waals surface area contributed by atoms with Crippen LogP contribution in [-0.2, 0) is 0 Å². The first-order valence-electron chi connectivity index (χ1n) is 7.78. The van der Waals surface area contributed by atoms with Gasteiger partial charge in [0.15, 0.2) is 0 Å². The number of rotatable bonds is 7. The zero-order valence-corrected chi connectivity index (χ0v) is 12.3. The van der Waals surface area contributed by atoms with Crippen LogP contribution in [-0.4, -0.2) is 13.1 Å². The summed E-state index contributed by atoms with van der Waals surface area (Å²) in [7, 11) is 0. The van der Waals surface area contributed by atoms with E-state index in [-0.39, 0.29) is 0 Å². The molecule has 1 heteroatoms. The second-order valence-electron chi connectivity index (χ2n) is 7.24. The van der Waals surface area contributed by atoms with E-state index in [0.717, 1.165) is 23.7 Å². The van der Waals surface area contributed by atoms with Gasteiger partial charge in [0.1, 0.15) is 0 Å². The summed E-state index contributed by atoms with van der Waals surface area (Å²) in [4.78, 5) is 0. The van der Waals surface area contributed by atoms with Crippen LogP contribution in [0.25, 0.3) is 0 Å².